The van der Waals surface area contributed by atoms with Crippen LogP contribution >= 0.6 is 15.9 Å². The Hall–Kier alpha value is -3.40. The Morgan fingerprint density at radius 1 is 1.19 bits per heavy atom. The van der Waals surface area contributed by atoms with Crippen molar-refractivity contribution in [2.24, 2.45) is 0 Å². The third kappa shape index (κ3) is 4.53. The number of benzene rings is 1. The van der Waals surface area contributed by atoms with Crippen LogP contribution < -0.4 is 14.8 Å². The number of hydrogen-bond acceptors (Lipinski definition) is 6. The fourth-order valence-corrected chi connectivity index (χ4v) is 3.63. The van der Waals surface area contributed by atoms with Gasteiger partial charge in [-0.25, -0.2) is 9.50 Å². The molecule has 1 aromatic carbocycles. The summed E-state index contributed by atoms with van der Waals surface area (Å²) in [6, 6.07) is 7.55. The van der Waals surface area contributed by atoms with Gasteiger partial charge in [-0.05, 0) is 53.5 Å². The van der Waals surface area contributed by atoms with Crippen LogP contribution in [0.5, 0.6) is 11.5 Å². The van der Waals surface area contributed by atoms with E-state index in [0.29, 0.717) is 47.1 Å². The molecule has 160 valence electrons. The van der Waals surface area contributed by atoms with E-state index in [4.69, 9.17) is 9.47 Å². The molecule has 0 aliphatic rings. The van der Waals surface area contributed by atoms with Gasteiger partial charge in [0.05, 0.1) is 36.1 Å². The Kier molecular flexibility index (Phi) is 6.17. The Morgan fingerprint density at radius 2 is 2.00 bits per heavy atom. The number of fused-ring (bicyclic) bond motifs is 1. The van der Waals surface area contributed by atoms with Gasteiger partial charge in [0.25, 0.3) is 5.91 Å². The number of carbonyl (C=O) groups excluding carboxylic acids is 1. The van der Waals surface area contributed by atoms with Crippen LogP contribution in [0.1, 0.15) is 29.9 Å². The number of rotatable bonds is 8. The van der Waals surface area contributed by atoms with Crippen molar-refractivity contribution in [3.8, 4) is 11.5 Å². The predicted octanol–water partition coefficient (Wildman–Crippen LogP) is 3.79. The molecule has 1 amide bonds. The molecule has 0 saturated carbocycles. The van der Waals surface area contributed by atoms with Crippen LogP contribution in [0.15, 0.2) is 53.5 Å². The predicted molar refractivity (Wildman–Crippen MR) is 119 cm³/mol. The summed E-state index contributed by atoms with van der Waals surface area (Å²) in [6.45, 7) is 5.51. The van der Waals surface area contributed by atoms with Crippen molar-refractivity contribution in [2.75, 3.05) is 18.5 Å². The van der Waals surface area contributed by atoms with Crippen LogP contribution in [0.3, 0.4) is 0 Å². The van der Waals surface area contributed by atoms with Crippen LogP contribution in [0.25, 0.3) is 5.65 Å². The lowest BCUT2D eigenvalue weighted by Gasteiger charge is -2.12. The van der Waals surface area contributed by atoms with Crippen molar-refractivity contribution in [1.82, 2.24) is 24.4 Å². The van der Waals surface area contributed by atoms with Gasteiger partial charge < -0.3 is 14.8 Å². The monoisotopic (exact) mass is 484 g/mol. The molecule has 0 radical (unpaired) electrons. The van der Waals surface area contributed by atoms with Gasteiger partial charge in [0.1, 0.15) is 0 Å². The molecule has 0 fully saturated rings. The van der Waals surface area contributed by atoms with Crippen molar-refractivity contribution in [2.45, 2.75) is 20.4 Å². The SMILES string of the molecule is CCOc1ccc(Cn2cc(NC(=O)c3nn4cccnc4c3Br)cn2)cc1OCC. The standard InChI is InChI=1S/C21H21BrN6O3/c1-3-30-16-7-6-14(10-17(16)31-4-2)12-27-13-15(11-24-27)25-21(29)19-18(22)20-23-8-5-9-28(20)26-19/h5-11,13H,3-4,12H2,1-2H3,(H,25,29). The molecule has 1 N–H and O–H groups in total. The Bertz CT molecular complexity index is 1220. The molecule has 0 spiro atoms. The third-order valence-corrected chi connectivity index (χ3v) is 5.13. The second-order valence-electron chi connectivity index (χ2n) is 6.58. The highest BCUT2D eigenvalue weighted by molar-refractivity contribution is 9.10. The maximum Gasteiger partial charge on any atom is 0.277 e. The zero-order chi connectivity index (χ0) is 21.8. The summed E-state index contributed by atoms with van der Waals surface area (Å²) in [5.74, 6) is 1.07. The van der Waals surface area contributed by atoms with Crippen LogP contribution in [-0.2, 0) is 6.54 Å². The number of nitrogens with zero attached hydrogens (tertiary/aromatic N) is 5. The summed E-state index contributed by atoms with van der Waals surface area (Å²) >= 11 is 3.40. The first kappa shape index (κ1) is 20.9. The molecule has 10 heteroatoms. The molecule has 0 saturated heterocycles. The van der Waals surface area contributed by atoms with E-state index in [2.05, 4.69) is 36.4 Å². The van der Waals surface area contributed by atoms with Crippen LogP contribution in [0.4, 0.5) is 5.69 Å². The molecule has 4 aromatic rings. The Labute approximate surface area is 187 Å². The van der Waals surface area contributed by atoms with Gasteiger partial charge in [0, 0.05) is 18.6 Å². The first-order valence-corrected chi connectivity index (χ1v) is 10.6. The highest BCUT2D eigenvalue weighted by Crippen LogP contribution is 2.29. The number of ether oxygens (including phenoxy) is 2. The van der Waals surface area contributed by atoms with E-state index in [1.54, 1.807) is 40.1 Å². The zero-order valence-electron chi connectivity index (χ0n) is 17.1. The lowest BCUT2D eigenvalue weighted by Crippen LogP contribution is -2.13. The molecule has 0 atom stereocenters. The van der Waals surface area contributed by atoms with E-state index in [1.165, 1.54) is 0 Å². The van der Waals surface area contributed by atoms with Gasteiger partial charge in [-0.15, -0.1) is 0 Å². The Balaban J connectivity index is 1.47. The largest absolute Gasteiger partial charge is 0.490 e. The van der Waals surface area contributed by atoms with E-state index in [0.717, 1.165) is 5.56 Å². The first-order valence-electron chi connectivity index (χ1n) is 9.80. The highest BCUT2D eigenvalue weighted by atomic mass is 79.9. The van der Waals surface area contributed by atoms with E-state index < -0.39 is 0 Å². The Morgan fingerprint density at radius 3 is 2.77 bits per heavy atom. The lowest BCUT2D eigenvalue weighted by molar-refractivity contribution is 0.102. The molecule has 3 heterocycles. The minimum atomic E-state index is -0.350. The third-order valence-electron chi connectivity index (χ3n) is 4.40. The highest BCUT2D eigenvalue weighted by Gasteiger charge is 2.19. The van der Waals surface area contributed by atoms with Crippen molar-refractivity contribution in [1.29, 1.82) is 0 Å². The lowest BCUT2D eigenvalue weighted by atomic mass is 10.2. The number of nitrogens with one attached hydrogen (secondary N) is 1. The molecule has 3 aromatic heterocycles. The fourth-order valence-electron chi connectivity index (χ4n) is 3.09. The van der Waals surface area contributed by atoms with Gasteiger partial charge in [0.2, 0.25) is 0 Å². The minimum absolute atomic E-state index is 0.249. The molecule has 9 nitrogen and oxygen atoms in total. The minimum Gasteiger partial charge on any atom is -0.490 e. The smallest absolute Gasteiger partial charge is 0.277 e. The van der Waals surface area contributed by atoms with E-state index in [-0.39, 0.29) is 11.6 Å². The second-order valence-corrected chi connectivity index (χ2v) is 7.37. The van der Waals surface area contributed by atoms with E-state index in [9.17, 15) is 4.79 Å². The number of halogens is 1. The first-order chi connectivity index (χ1) is 15.1. The van der Waals surface area contributed by atoms with Crippen LogP contribution in [0.2, 0.25) is 0 Å². The summed E-state index contributed by atoms with van der Waals surface area (Å²) in [5.41, 5.74) is 2.39. The van der Waals surface area contributed by atoms with Crippen molar-refractivity contribution in [3.05, 3.63) is 64.8 Å². The number of amides is 1. The van der Waals surface area contributed by atoms with E-state index >= 15 is 0 Å². The zero-order valence-corrected chi connectivity index (χ0v) is 18.7. The molecule has 0 unspecified atom stereocenters. The summed E-state index contributed by atoms with van der Waals surface area (Å²) in [6.07, 6.45) is 6.73. The molecule has 4 rings (SSSR count). The topological polar surface area (TPSA) is 95.6 Å². The van der Waals surface area contributed by atoms with Crippen LogP contribution in [0, 0.1) is 0 Å². The van der Waals surface area contributed by atoms with Crippen molar-refractivity contribution >= 4 is 33.2 Å². The summed E-state index contributed by atoms with van der Waals surface area (Å²) < 4.78 is 15.1. The number of aromatic nitrogens is 5. The molecular weight excluding hydrogens is 464 g/mol. The molecule has 0 bridgehead atoms. The fraction of sp³-hybridized carbons (Fsp3) is 0.238. The van der Waals surface area contributed by atoms with Crippen molar-refractivity contribution in [3.63, 3.8) is 0 Å². The van der Waals surface area contributed by atoms with Gasteiger partial charge >= 0.3 is 0 Å². The summed E-state index contributed by atoms with van der Waals surface area (Å²) in [5, 5.41) is 11.4. The van der Waals surface area contributed by atoms with Crippen LogP contribution in [-0.4, -0.2) is 43.5 Å². The molecule has 31 heavy (non-hydrogen) atoms. The maximum atomic E-state index is 12.7. The number of hydrogen-bond donors (Lipinski definition) is 1. The second kappa shape index (κ2) is 9.17. The van der Waals surface area contributed by atoms with E-state index in [1.807, 2.05) is 32.0 Å². The molecular formula is C21H21BrN6O3. The average molecular weight is 485 g/mol. The number of anilines is 1. The summed E-state index contributed by atoms with van der Waals surface area (Å²) in [7, 11) is 0. The average Bonchev–Trinajstić information content (AvgIpc) is 3.34. The molecule has 0 aliphatic heterocycles. The van der Waals surface area contributed by atoms with Gasteiger partial charge in [-0.2, -0.15) is 10.2 Å². The normalized spacial score (nSPS) is 10.9. The van der Waals surface area contributed by atoms with Gasteiger partial charge in [0.15, 0.2) is 22.8 Å². The quantitative estimate of drug-likeness (QED) is 0.408. The maximum absolute atomic E-state index is 12.7. The van der Waals surface area contributed by atoms with Crippen molar-refractivity contribution < 1.29 is 14.3 Å². The number of carbonyl (C=O) groups is 1. The van der Waals surface area contributed by atoms with Gasteiger partial charge in [-0.3, -0.25) is 9.48 Å². The van der Waals surface area contributed by atoms with Gasteiger partial charge in [-0.1, -0.05) is 6.07 Å². The molecule has 0 aliphatic carbocycles. The summed E-state index contributed by atoms with van der Waals surface area (Å²) in [4.78, 5) is 16.9.